The number of hydrogen-bond acceptors (Lipinski definition) is 3. The van der Waals surface area contributed by atoms with E-state index in [1.54, 1.807) is 17.0 Å². The minimum absolute atomic E-state index is 0.0301. The number of hydrogen-bond donors (Lipinski definition) is 1. The van der Waals surface area contributed by atoms with Crippen LogP contribution >= 0.6 is 0 Å². The molecule has 1 heterocycles. The number of carbonyl (C=O) groups excluding carboxylic acids is 1. The highest BCUT2D eigenvalue weighted by Crippen LogP contribution is 2.23. The molecule has 0 bridgehead atoms. The molecule has 1 fully saturated rings. The lowest BCUT2D eigenvalue weighted by molar-refractivity contribution is -0.00202. The van der Waals surface area contributed by atoms with Crippen LogP contribution in [0.5, 0.6) is 5.75 Å². The maximum absolute atomic E-state index is 12.3. The maximum Gasteiger partial charge on any atom is 0.253 e. The number of piperidine rings is 1. The van der Waals surface area contributed by atoms with E-state index in [0.29, 0.717) is 38.1 Å². The van der Waals surface area contributed by atoms with Crippen LogP contribution in [0.3, 0.4) is 0 Å². The second-order valence-corrected chi connectivity index (χ2v) is 5.66. The number of nitrogens with zero attached hydrogens (tertiary/aromatic N) is 1. The van der Waals surface area contributed by atoms with Gasteiger partial charge in [0.2, 0.25) is 0 Å². The van der Waals surface area contributed by atoms with Crippen LogP contribution < -0.4 is 4.74 Å². The van der Waals surface area contributed by atoms with Gasteiger partial charge in [-0.15, -0.1) is 0 Å². The Morgan fingerprint density at radius 2 is 1.90 bits per heavy atom. The third-order valence-electron chi connectivity index (χ3n) is 3.70. The first kappa shape index (κ1) is 14.9. The monoisotopic (exact) mass is 277 g/mol. The van der Waals surface area contributed by atoms with E-state index in [-0.39, 0.29) is 5.91 Å². The quantitative estimate of drug-likeness (QED) is 0.919. The van der Waals surface area contributed by atoms with Crippen molar-refractivity contribution >= 4 is 5.91 Å². The van der Waals surface area contributed by atoms with E-state index >= 15 is 0 Å². The molecular formula is C16H23NO3. The zero-order chi connectivity index (χ0) is 14.6. The minimum atomic E-state index is -0.630. The largest absolute Gasteiger partial charge is 0.494 e. The molecule has 0 radical (unpaired) electrons. The molecule has 1 saturated heterocycles. The number of amides is 1. The lowest BCUT2D eigenvalue weighted by Crippen LogP contribution is -2.45. The first-order valence-electron chi connectivity index (χ1n) is 7.26. The molecular weight excluding hydrogens is 254 g/mol. The molecule has 0 unspecified atom stereocenters. The van der Waals surface area contributed by atoms with E-state index in [0.717, 1.165) is 12.2 Å². The van der Waals surface area contributed by atoms with Crippen LogP contribution in [0.4, 0.5) is 0 Å². The molecule has 0 aromatic heterocycles. The standard InChI is InChI=1S/C16H23NO3/c1-3-12-20-14-6-4-13(5-7-14)15(18)17-10-8-16(2,19)9-11-17/h4-7,19H,3,8-12H2,1-2H3. The fraction of sp³-hybridized carbons (Fsp3) is 0.562. The third-order valence-corrected chi connectivity index (χ3v) is 3.70. The Kier molecular flexibility index (Phi) is 4.65. The van der Waals surface area contributed by atoms with Crippen LogP contribution in [0.1, 0.15) is 43.5 Å². The van der Waals surface area contributed by atoms with Gasteiger partial charge in [-0.1, -0.05) is 6.92 Å². The number of aliphatic hydroxyl groups is 1. The molecule has 4 nitrogen and oxygen atoms in total. The van der Waals surface area contributed by atoms with Gasteiger partial charge in [0.1, 0.15) is 5.75 Å². The first-order valence-corrected chi connectivity index (χ1v) is 7.26. The Bertz CT molecular complexity index is 443. The van der Waals surface area contributed by atoms with Crippen molar-refractivity contribution < 1.29 is 14.6 Å². The number of ether oxygens (including phenoxy) is 1. The van der Waals surface area contributed by atoms with Crippen molar-refractivity contribution in [3.05, 3.63) is 29.8 Å². The van der Waals surface area contributed by atoms with Gasteiger partial charge in [-0.3, -0.25) is 4.79 Å². The smallest absolute Gasteiger partial charge is 0.253 e. The molecule has 2 rings (SSSR count). The van der Waals surface area contributed by atoms with Gasteiger partial charge in [0.05, 0.1) is 12.2 Å². The van der Waals surface area contributed by atoms with Crippen molar-refractivity contribution in [2.24, 2.45) is 0 Å². The second-order valence-electron chi connectivity index (χ2n) is 5.66. The second kappa shape index (κ2) is 6.27. The normalized spacial score (nSPS) is 17.9. The third kappa shape index (κ3) is 3.73. The number of benzene rings is 1. The molecule has 1 amide bonds. The average molecular weight is 277 g/mol. The van der Waals surface area contributed by atoms with Crippen molar-refractivity contribution in [2.75, 3.05) is 19.7 Å². The van der Waals surface area contributed by atoms with E-state index in [1.165, 1.54) is 0 Å². The van der Waals surface area contributed by atoms with Crippen molar-refractivity contribution in [3.8, 4) is 5.75 Å². The lowest BCUT2D eigenvalue weighted by atomic mass is 9.93. The Hall–Kier alpha value is -1.55. The summed E-state index contributed by atoms with van der Waals surface area (Å²) in [7, 11) is 0. The van der Waals surface area contributed by atoms with Gasteiger partial charge < -0.3 is 14.7 Å². The van der Waals surface area contributed by atoms with E-state index in [4.69, 9.17) is 4.74 Å². The predicted octanol–water partition coefficient (Wildman–Crippen LogP) is 2.46. The van der Waals surface area contributed by atoms with Crippen molar-refractivity contribution in [1.82, 2.24) is 4.90 Å². The molecule has 1 N–H and O–H groups in total. The minimum Gasteiger partial charge on any atom is -0.494 e. The summed E-state index contributed by atoms with van der Waals surface area (Å²) in [6.45, 7) is 5.80. The van der Waals surface area contributed by atoms with Crippen LogP contribution in [0.15, 0.2) is 24.3 Å². The molecule has 0 spiro atoms. The number of carbonyl (C=O) groups is 1. The van der Waals surface area contributed by atoms with Gasteiger partial charge in [0, 0.05) is 18.7 Å². The van der Waals surface area contributed by atoms with E-state index in [1.807, 2.05) is 19.1 Å². The van der Waals surface area contributed by atoms with Crippen molar-refractivity contribution in [2.45, 2.75) is 38.7 Å². The van der Waals surface area contributed by atoms with Gasteiger partial charge in [0.25, 0.3) is 5.91 Å². The average Bonchev–Trinajstić information content (AvgIpc) is 2.45. The highest BCUT2D eigenvalue weighted by atomic mass is 16.5. The zero-order valence-electron chi connectivity index (χ0n) is 12.3. The molecule has 1 aliphatic rings. The Morgan fingerprint density at radius 3 is 2.45 bits per heavy atom. The Labute approximate surface area is 120 Å². The molecule has 1 aromatic carbocycles. The van der Waals surface area contributed by atoms with Crippen LogP contribution in [-0.4, -0.2) is 41.2 Å². The lowest BCUT2D eigenvalue weighted by Gasteiger charge is -2.35. The van der Waals surface area contributed by atoms with Gasteiger partial charge >= 0.3 is 0 Å². The van der Waals surface area contributed by atoms with E-state index in [2.05, 4.69) is 6.92 Å². The highest BCUT2D eigenvalue weighted by molar-refractivity contribution is 5.94. The maximum atomic E-state index is 12.3. The summed E-state index contributed by atoms with van der Waals surface area (Å²) in [6.07, 6.45) is 2.24. The summed E-state index contributed by atoms with van der Waals surface area (Å²) in [4.78, 5) is 14.1. The summed E-state index contributed by atoms with van der Waals surface area (Å²) in [5.41, 5.74) is 0.0460. The number of rotatable bonds is 4. The summed E-state index contributed by atoms with van der Waals surface area (Å²) >= 11 is 0. The summed E-state index contributed by atoms with van der Waals surface area (Å²) in [5, 5.41) is 9.91. The van der Waals surface area contributed by atoms with Crippen LogP contribution in [0.2, 0.25) is 0 Å². The molecule has 1 aromatic rings. The van der Waals surface area contributed by atoms with Gasteiger partial charge in [0.15, 0.2) is 0 Å². The van der Waals surface area contributed by atoms with Crippen LogP contribution in [-0.2, 0) is 0 Å². The molecule has 0 saturated carbocycles. The van der Waals surface area contributed by atoms with E-state index < -0.39 is 5.60 Å². The topological polar surface area (TPSA) is 49.8 Å². The predicted molar refractivity (Wildman–Crippen MR) is 78.0 cm³/mol. The molecule has 0 atom stereocenters. The fourth-order valence-electron chi connectivity index (χ4n) is 2.29. The van der Waals surface area contributed by atoms with Crippen LogP contribution in [0, 0.1) is 0 Å². The molecule has 1 aliphatic heterocycles. The highest BCUT2D eigenvalue weighted by Gasteiger charge is 2.29. The van der Waals surface area contributed by atoms with Crippen molar-refractivity contribution in [3.63, 3.8) is 0 Å². The molecule has 20 heavy (non-hydrogen) atoms. The summed E-state index contributed by atoms with van der Waals surface area (Å²) < 4.78 is 5.50. The summed E-state index contributed by atoms with van der Waals surface area (Å²) in [5.74, 6) is 0.826. The zero-order valence-corrected chi connectivity index (χ0v) is 12.3. The van der Waals surface area contributed by atoms with Gasteiger partial charge in [-0.25, -0.2) is 0 Å². The van der Waals surface area contributed by atoms with Crippen LogP contribution in [0.25, 0.3) is 0 Å². The molecule has 110 valence electrons. The SMILES string of the molecule is CCCOc1ccc(C(=O)N2CCC(C)(O)CC2)cc1. The van der Waals surface area contributed by atoms with E-state index in [9.17, 15) is 9.90 Å². The molecule has 4 heteroatoms. The fourth-order valence-corrected chi connectivity index (χ4v) is 2.29. The number of likely N-dealkylation sites (tertiary alicyclic amines) is 1. The first-order chi connectivity index (χ1) is 9.52. The van der Waals surface area contributed by atoms with Gasteiger partial charge in [-0.2, -0.15) is 0 Å². The summed E-state index contributed by atoms with van der Waals surface area (Å²) in [6, 6.07) is 7.28. The molecule has 0 aliphatic carbocycles. The Morgan fingerprint density at radius 1 is 1.30 bits per heavy atom. The van der Waals surface area contributed by atoms with Gasteiger partial charge in [-0.05, 0) is 50.5 Å². The van der Waals surface area contributed by atoms with Crippen molar-refractivity contribution in [1.29, 1.82) is 0 Å². The Balaban J connectivity index is 1.96.